The highest BCUT2D eigenvalue weighted by Crippen LogP contribution is 2.27. The first-order chi connectivity index (χ1) is 9.84. The highest BCUT2D eigenvalue weighted by molar-refractivity contribution is 6.09. The molecule has 0 amide bonds. The monoisotopic (exact) mass is 261 g/mol. The second kappa shape index (κ2) is 5.66. The van der Waals surface area contributed by atoms with Crippen molar-refractivity contribution in [2.45, 2.75) is 12.8 Å². The number of rotatable bonds is 3. The fraction of sp³-hybridized carbons (Fsp3) is 0.111. The van der Waals surface area contributed by atoms with Gasteiger partial charge in [0.1, 0.15) is 0 Å². The quantitative estimate of drug-likeness (QED) is 0.780. The van der Waals surface area contributed by atoms with Gasteiger partial charge in [-0.05, 0) is 30.5 Å². The van der Waals surface area contributed by atoms with Crippen LogP contribution >= 0.6 is 0 Å². The zero-order valence-corrected chi connectivity index (χ0v) is 11.1. The van der Waals surface area contributed by atoms with Crippen molar-refractivity contribution >= 4 is 11.4 Å². The van der Waals surface area contributed by atoms with E-state index < -0.39 is 0 Å². The molecule has 0 atom stereocenters. The fourth-order valence-electron chi connectivity index (χ4n) is 2.37. The summed E-state index contributed by atoms with van der Waals surface area (Å²) in [5, 5.41) is 0. The van der Waals surface area contributed by atoms with Crippen LogP contribution in [0, 0.1) is 0 Å². The minimum Gasteiger partial charge on any atom is -0.289 e. The van der Waals surface area contributed by atoms with Crippen molar-refractivity contribution in [2.24, 2.45) is 0 Å². The number of carbonyl (C=O) groups excluding carboxylic acids is 1. The van der Waals surface area contributed by atoms with Crippen LogP contribution in [-0.2, 0) is 0 Å². The number of hydrogen-bond acceptors (Lipinski definition) is 2. The summed E-state index contributed by atoms with van der Waals surface area (Å²) >= 11 is 0. The van der Waals surface area contributed by atoms with Crippen molar-refractivity contribution in [1.82, 2.24) is 4.98 Å². The lowest BCUT2D eigenvalue weighted by Crippen LogP contribution is -2.06. The first-order valence-corrected chi connectivity index (χ1v) is 6.75. The van der Waals surface area contributed by atoms with E-state index in [1.807, 2.05) is 60.7 Å². The van der Waals surface area contributed by atoms with Crippen LogP contribution in [0.1, 0.15) is 28.9 Å². The van der Waals surface area contributed by atoms with Crippen molar-refractivity contribution in [3.8, 4) is 0 Å². The van der Waals surface area contributed by atoms with Gasteiger partial charge < -0.3 is 0 Å². The summed E-state index contributed by atoms with van der Waals surface area (Å²) in [4.78, 5) is 16.7. The molecule has 0 saturated carbocycles. The summed E-state index contributed by atoms with van der Waals surface area (Å²) in [7, 11) is 0. The molecule has 0 aliphatic heterocycles. The molecule has 2 heteroatoms. The van der Waals surface area contributed by atoms with Crippen molar-refractivity contribution in [3.63, 3.8) is 0 Å². The van der Waals surface area contributed by atoms with Gasteiger partial charge in [0.25, 0.3) is 0 Å². The standard InChI is InChI=1S/C18H15NO/c20-18(15-6-2-1-3-7-15)16-11-9-14(10-12-16)17-8-4-5-13-19-17/h1-9,11,13H,10,12H2. The van der Waals surface area contributed by atoms with Gasteiger partial charge in [0.15, 0.2) is 5.78 Å². The maximum Gasteiger partial charge on any atom is 0.189 e. The van der Waals surface area contributed by atoms with Crippen molar-refractivity contribution in [1.29, 1.82) is 0 Å². The minimum absolute atomic E-state index is 0.127. The predicted octanol–water partition coefficient (Wildman–Crippen LogP) is 4.07. The van der Waals surface area contributed by atoms with E-state index in [1.54, 1.807) is 6.20 Å². The molecule has 0 fully saturated rings. The third-order valence-electron chi connectivity index (χ3n) is 3.47. The van der Waals surface area contributed by atoms with E-state index in [0.29, 0.717) is 0 Å². The zero-order valence-electron chi connectivity index (χ0n) is 11.1. The van der Waals surface area contributed by atoms with E-state index in [-0.39, 0.29) is 5.78 Å². The topological polar surface area (TPSA) is 30.0 Å². The van der Waals surface area contributed by atoms with Gasteiger partial charge in [-0.2, -0.15) is 0 Å². The van der Waals surface area contributed by atoms with Crippen molar-refractivity contribution in [2.75, 3.05) is 0 Å². The van der Waals surface area contributed by atoms with E-state index in [2.05, 4.69) is 4.98 Å². The van der Waals surface area contributed by atoms with Gasteiger partial charge in [0.2, 0.25) is 0 Å². The van der Waals surface area contributed by atoms with Crippen LogP contribution in [0.2, 0.25) is 0 Å². The Bertz CT molecular complexity index is 669. The maximum absolute atomic E-state index is 12.3. The van der Waals surface area contributed by atoms with E-state index in [4.69, 9.17) is 0 Å². The Kier molecular flexibility index (Phi) is 3.55. The Hall–Kier alpha value is -2.48. The van der Waals surface area contributed by atoms with Gasteiger partial charge in [-0.1, -0.05) is 48.6 Å². The Labute approximate surface area is 118 Å². The molecule has 2 nitrogen and oxygen atoms in total. The van der Waals surface area contributed by atoms with Gasteiger partial charge in [-0.15, -0.1) is 0 Å². The molecule has 0 spiro atoms. The molecule has 0 bridgehead atoms. The summed E-state index contributed by atoms with van der Waals surface area (Å²) in [6.45, 7) is 0. The number of Topliss-reactive ketones (excluding diaryl/α,β-unsaturated/α-hetero) is 1. The van der Waals surface area contributed by atoms with Crippen LogP contribution in [0.25, 0.3) is 5.57 Å². The van der Waals surface area contributed by atoms with Gasteiger partial charge in [0, 0.05) is 17.3 Å². The average Bonchev–Trinajstić information content (AvgIpc) is 2.56. The lowest BCUT2D eigenvalue weighted by Gasteiger charge is -2.13. The van der Waals surface area contributed by atoms with Crippen LogP contribution in [0.15, 0.2) is 72.5 Å². The zero-order chi connectivity index (χ0) is 13.8. The molecule has 98 valence electrons. The first kappa shape index (κ1) is 12.5. The van der Waals surface area contributed by atoms with Gasteiger partial charge in [-0.25, -0.2) is 0 Å². The predicted molar refractivity (Wildman–Crippen MR) is 80.3 cm³/mol. The van der Waals surface area contributed by atoms with Crippen LogP contribution < -0.4 is 0 Å². The Balaban J connectivity index is 1.83. The molecule has 1 aliphatic carbocycles. The van der Waals surface area contributed by atoms with Gasteiger partial charge in [-0.3, -0.25) is 9.78 Å². The van der Waals surface area contributed by atoms with Crippen molar-refractivity contribution in [3.05, 3.63) is 83.7 Å². The molecule has 1 aromatic heterocycles. The van der Waals surface area contributed by atoms with Gasteiger partial charge in [0.05, 0.1) is 5.69 Å². The molecule has 20 heavy (non-hydrogen) atoms. The normalized spacial score (nSPS) is 14.4. The highest BCUT2D eigenvalue weighted by atomic mass is 16.1. The number of allylic oxidation sites excluding steroid dienone is 4. The third-order valence-corrected chi connectivity index (χ3v) is 3.47. The molecule has 0 saturated heterocycles. The molecule has 1 heterocycles. The summed E-state index contributed by atoms with van der Waals surface area (Å²) in [6, 6.07) is 15.3. The number of nitrogens with zero attached hydrogens (tertiary/aromatic N) is 1. The Morgan fingerprint density at radius 1 is 0.900 bits per heavy atom. The second-order valence-electron chi connectivity index (χ2n) is 4.79. The molecule has 1 aliphatic rings. The lowest BCUT2D eigenvalue weighted by molar-refractivity contribution is 0.103. The van der Waals surface area contributed by atoms with Crippen LogP contribution in [-0.4, -0.2) is 10.8 Å². The lowest BCUT2D eigenvalue weighted by atomic mass is 9.91. The minimum atomic E-state index is 0.127. The van der Waals surface area contributed by atoms with Gasteiger partial charge >= 0.3 is 0 Å². The number of ketones is 1. The van der Waals surface area contributed by atoms with Crippen LogP contribution in [0.5, 0.6) is 0 Å². The highest BCUT2D eigenvalue weighted by Gasteiger charge is 2.15. The average molecular weight is 261 g/mol. The number of carbonyl (C=O) groups is 1. The molecule has 0 radical (unpaired) electrons. The van der Waals surface area contributed by atoms with E-state index in [1.165, 1.54) is 5.57 Å². The van der Waals surface area contributed by atoms with E-state index in [9.17, 15) is 4.79 Å². The first-order valence-electron chi connectivity index (χ1n) is 6.75. The van der Waals surface area contributed by atoms with Crippen LogP contribution in [0.3, 0.4) is 0 Å². The van der Waals surface area contributed by atoms with Crippen LogP contribution in [0.4, 0.5) is 0 Å². The number of hydrogen-bond donors (Lipinski definition) is 0. The maximum atomic E-state index is 12.3. The molecular formula is C18H15NO. The summed E-state index contributed by atoms with van der Waals surface area (Å²) < 4.78 is 0. The molecule has 0 unspecified atom stereocenters. The SMILES string of the molecule is O=C(C1=CC=C(c2ccccn2)CC1)c1ccccc1. The van der Waals surface area contributed by atoms with E-state index in [0.717, 1.165) is 29.7 Å². The molecule has 2 aromatic rings. The third kappa shape index (κ3) is 2.59. The largest absolute Gasteiger partial charge is 0.289 e. The second-order valence-corrected chi connectivity index (χ2v) is 4.79. The Morgan fingerprint density at radius 2 is 1.70 bits per heavy atom. The molecule has 0 N–H and O–H groups in total. The Morgan fingerprint density at radius 3 is 2.35 bits per heavy atom. The number of pyridine rings is 1. The summed E-state index contributed by atoms with van der Waals surface area (Å²) in [5.41, 5.74) is 3.81. The molecule has 3 rings (SSSR count). The summed E-state index contributed by atoms with van der Waals surface area (Å²) in [5.74, 6) is 0.127. The number of aromatic nitrogens is 1. The molecular weight excluding hydrogens is 246 g/mol. The smallest absolute Gasteiger partial charge is 0.189 e. The molecule has 1 aromatic carbocycles. The number of benzene rings is 1. The van der Waals surface area contributed by atoms with Crippen molar-refractivity contribution < 1.29 is 4.79 Å². The summed E-state index contributed by atoms with van der Waals surface area (Å²) in [6.07, 6.45) is 7.38. The fourth-order valence-corrected chi connectivity index (χ4v) is 2.37. The van der Waals surface area contributed by atoms with E-state index >= 15 is 0 Å².